The standard InChI is InChI=1S/C23H23Cl2N3OS/c1-2-11-28-22(14-29-20-10-8-16-5-3-4-6-17(16)12-20)26-27-23(28)30-15-18-7-9-19(24)13-21(18)25/h2,7-10,12-13H,1,3-6,11,14-15H2. The van der Waals surface area contributed by atoms with Gasteiger partial charge in [0.1, 0.15) is 12.4 Å². The molecule has 0 N–H and O–H groups in total. The largest absolute Gasteiger partial charge is 0.486 e. The third-order valence-corrected chi connectivity index (χ3v) is 6.77. The van der Waals surface area contributed by atoms with E-state index in [9.17, 15) is 0 Å². The second-order valence-electron chi connectivity index (χ2n) is 7.25. The fourth-order valence-corrected chi connectivity index (χ4v) is 5.10. The van der Waals surface area contributed by atoms with Crippen molar-refractivity contribution in [2.75, 3.05) is 0 Å². The lowest BCUT2D eigenvalue weighted by Crippen LogP contribution is -2.08. The maximum absolute atomic E-state index is 6.29. The number of halogens is 2. The van der Waals surface area contributed by atoms with Crippen LogP contribution in [0.15, 0.2) is 54.2 Å². The molecule has 0 saturated carbocycles. The molecule has 0 radical (unpaired) electrons. The molecule has 0 aliphatic heterocycles. The number of nitrogens with zero attached hydrogens (tertiary/aromatic N) is 3. The summed E-state index contributed by atoms with van der Waals surface area (Å²) in [6.45, 7) is 4.84. The number of ether oxygens (including phenoxy) is 1. The van der Waals surface area contributed by atoms with Gasteiger partial charge in [-0.2, -0.15) is 0 Å². The maximum Gasteiger partial charge on any atom is 0.191 e. The number of fused-ring (bicyclic) bond motifs is 1. The Hall–Kier alpha value is -1.95. The highest BCUT2D eigenvalue weighted by molar-refractivity contribution is 7.98. The molecule has 0 unspecified atom stereocenters. The summed E-state index contributed by atoms with van der Waals surface area (Å²) in [5.74, 6) is 2.33. The number of thioether (sulfide) groups is 1. The number of hydrogen-bond acceptors (Lipinski definition) is 4. The van der Waals surface area contributed by atoms with Crippen molar-refractivity contribution < 1.29 is 4.74 Å². The van der Waals surface area contributed by atoms with Gasteiger partial charge in [0.2, 0.25) is 0 Å². The highest BCUT2D eigenvalue weighted by atomic mass is 35.5. The molecule has 0 atom stereocenters. The van der Waals surface area contributed by atoms with E-state index in [1.807, 2.05) is 22.8 Å². The average molecular weight is 460 g/mol. The Labute approximate surface area is 191 Å². The monoisotopic (exact) mass is 459 g/mol. The van der Waals surface area contributed by atoms with E-state index >= 15 is 0 Å². The van der Waals surface area contributed by atoms with E-state index < -0.39 is 0 Å². The molecular formula is C23H23Cl2N3OS. The Morgan fingerprint density at radius 2 is 1.90 bits per heavy atom. The SMILES string of the molecule is C=CCn1c(COc2ccc3c(c2)CCCC3)nnc1SCc1ccc(Cl)cc1Cl. The van der Waals surface area contributed by atoms with Crippen molar-refractivity contribution in [1.82, 2.24) is 14.8 Å². The van der Waals surface area contributed by atoms with Crippen LogP contribution in [0.5, 0.6) is 5.75 Å². The van der Waals surface area contributed by atoms with E-state index in [1.54, 1.807) is 17.8 Å². The zero-order chi connectivity index (χ0) is 20.9. The molecule has 1 aliphatic rings. The van der Waals surface area contributed by atoms with Gasteiger partial charge in [-0.15, -0.1) is 16.8 Å². The Balaban J connectivity index is 1.45. The van der Waals surface area contributed by atoms with Gasteiger partial charge in [-0.3, -0.25) is 4.57 Å². The van der Waals surface area contributed by atoms with Crippen molar-refractivity contribution in [2.24, 2.45) is 0 Å². The molecule has 7 heteroatoms. The first-order valence-electron chi connectivity index (χ1n) is 9.98. The first-order valence-corrected chi connectivity index (χ1v) is 11.7. The lowest BCUT2D eigenvalue weighted by Gasteiger charge is -2.17. The Morgan fingerprint density at radius 3 is 2.70 bits per heavy atom. The minimum absolute atomic E-state index is 0.363. The van der Waals surface area contributed by atoms with Crippen LogP contribution in [0.1, 0.15) is 35.4 Å². The molecule has 4 nitrogen and oxygen atoms in total. The van der Waals surface area contributed by atoms with Gasteiger partial charge in [0.25, 0.3) is 0 Å². The predicted octanol–water partition coefficient (Wildman–Crippen LogP) is 6.52. The Kier molecular flexibility index (Phi) is 7.03. The third-order valence-electron chi connectivity index (χ3n) is 5.16. The molecule has 0 fully saturated rings. The first kappa shape index (κ1) is 21.3. The zero-order valence-corrected chi connectivity index (χ0v) is 18.9. The quantitative estimate of drug-likeness (QED) is 0.283. The number of rotatable bonds is 8. The van der Waals surface area contributed by atoms with E-state index in [0.717, 1.165) is 28.7 Å². The molecule has 3 aromatic rings. The highest BCUT2D eigenvalue weighted by Gasteiger charge is 2.15. The normalized spacial score (nSPS) is 13.1. The van der Waals surface area contributed by atoms with Crippen LogP contribution in [0.2, 0.25) is 10.0 Å². The van der Waals surface area contributed by atoms with Crippen molar-refractivity contribution in [2.45, 2.75) is 49.7 Å². The molecule has 156 valence electrons. The van der Waals surface area contributed by atoms with E-state index in [2.05, 4.69) is 35.0 Å². The number of aryl methyl sites for hydroxylation is 2. The maximum atomic E-state index is 6.29. The van der Waals surface area contributed by atoms with Gasteiger partial charge in [-0.1, -0.05) is 53.2 Å². The van der Waals surface area contributed by atoms with Gasteiger partial charge in [0.15, 0.2) is 11.0 Å². The van der Waals surface area contributed by atoms with Crippen LogP contribution in [0.4, 0.5) is 0 Å². The molecule has 0 spiro atoms. The number of allylic oxidation sites excluding steroid dienone is 1. The zero-order valence-electron chi connectivity index (χ0n) is 16.6. The molecule has 0 amide bonds. The van der Waals surface area contributed by atoms with E-state index in [0.29, 0.717) is 28.9 Å². The summed E-state index contributed by atoms with van der Waals surface area (Å²) in [6.07, 6.45) is 6.67. The van der Waals surface area contributed by atoms with Crippen LogP contribution in [0, 0.1) is 0 Å². The molecule has 0 bridgehead atoms. The van der Waals surface area contributed by atoms with Crippen LogP contribution < -0.4 is 4.74 Å². The van der Waals surface area contributed by atoms with Crippen molar-refractivity contribution in [3.8, 4) is 5.75 Å². The summed E-state index contributed by atoms with van der Waals surface area (Å²) in [7, 11) is 0. The fraction of sp³-hybridized carbons (Fsp3) is 0.304. The summed E-state index contributed by atoms with van der Waals surface area (Å²) in [5, 5.41) is 10.8. The second-order valence-corrected chi connectivity index (χ2v) is 9.03. The summed E-state index contributed by atoms with van der Waals surface area (Å²) >= 11 is 13.9. The summed E-state index contributed by atoms with van der Waals surface area (Å²) < 4.78 is 8.08. The highest BCUT2D eigenvalue weighted by Crippen LogP contribution is 2.29. The van der Waals surface area contributed by atoms with Crippen molar-refractivity contribution in [3.63, 3.8) is 0 Å². The fourth-order valence-electron chi connectivity index (χ4n) is 3.57. The summed E-state index contributed by atoms with van der Waals surface area (Å²) in [4.78, 5) is 0. The average Bonchev–Trinajstić information content (AvgIpc) is 3.13. The lowest BCUT2D eigenvalue weighted by molar-refractivity contribution is 0.288. The predicted molar refractivity (Wildman–Crippen MR) is 124 cm³/mol. The van der Waals surface area contributed by atoms with Crippen LogP contribution in [-0.2, 0) is 31.7 Å². The van der Waals surface area contributed by atoms with Crippen LogP contribution >= 0.6 is 35.0 Å². The lowest BCUT2D eigenvalue weighted by atomic mass is 9.92. The molecule has 30 heavy (non-hydrogen) atoms. The second kappa shape index (κ2) is 9.90. The minimum Gasteiger partial charge on any atom is -0.486 e. The van der Waals surface area contributed by atoms with E-state index in [1.165, 1.54) is 30.4 Å². The number of hydrogen-bond donors (Lipinski definition) is 0. The van der Waals surface area contributed by atoms with Crippen molar-refractivity contribution >= 4 is 35.0 Å². The number of benzene rings is 2. The first-order chi connectivity index (χ1) is 14.6. The topological polar surface area (TPSA) is 39.9 Å². The van der Waals surface area contributed by atoms with Crippen molar-refractivity contribution in [3.05, 3.63) is 81.6 Å². The van der Waals surface area contributed by atoms with Gasteiger partial charge in [0.05, 0.1) is 0 Å². The number of aromatic nitrogens is 3. The molecule has 2 aromatic carbocycles. The Bertz CT molecular complexity index is 1050. The van der Waals surface area contributed by atoms with Gasteiger partial charge in [-0.05, 0) is 66.6 Å². The third kappa shape index (κ3) is 5.02. The van der Waals surface area contributed by atoms with Crippen LogP contribution in [0.25, 0.3) is 0 Å². The van der Waals surface area contributed by atoms with E-state index in [4.69, 9.17) is 27.9 Å². The molecule has 0 saturated heterocycles. The van der Waals surface area contributed by atoms with Crippen LogP contribution in [-0.4, -0.2) is 14.8 Å². The molecule has 1 aromatic heterocycles. The van der Waals surface area contributed by atoms with Crippen LogP contribution in [0.3, 0.4) is 0 Å². The molecule has 4 rings (SSSR count). The van der Waals surface area contributed by atoms with Gasteiger partial charge in [-0.25, -0.2) is 0 Å². The Morgan fingerprint density at radius 1 is 1.07 bits per heavy atom. The van der Waals surface area contributed by atoms with E-state index in [-0.39, 0.29) is 0 Å². The van der Waals surface area contributed by atoms with Gasteiger partial charge >= 0.3 is 0 Å². The molecule has 1 aliphatic carbocycles. The molecule has 1 heterocycles. The smallest absolute Gasteiger partial charge is 0.191 e. The summed E-state index contributed by atoms with van der Waals surface area (Å²) in [5.41, 5.74) is 3.86. The minimum atomic E-state index is 0.363. The van der Waals surface area contributed by atoms with Gasteiger partial charge in [0, 0.05) is 22.3 Å². The van der Waals surface area contributed by atoms with Gasteiger partial charge < -0.3 is 4.74 Å². The van der Waals surface area contributed by atoms with Crippen molar-refractivity contribution in [1.29, 1.82) is 0 Å². The molecular weight excluding hydrogens is 437 g/mol. The summed E-state index contributed by atoms with van der Waals surface area (Å²) in [6, 6.07) is 11.9.